The fourth-order valence-corrected chi connectivity index (χ4v) is 2.43. The van der Waals surface area contributed by atoms with E-state index in [4.69, 9.17) is 0 Å². The van der Waals surface area contributed by atoms with E-state index in [0.29, 0.717) is 0 Å². The van der Waals surface area contributed by atoms with Crippen LogP contribution in [0.5, 0.6) is 0 Å². The predicted molar refractivity (Wildman–Crippen MR) is 72.3 cm³/mol. The highest BCUT2D eigenvalue weighted by Crippen LogP contribution is 2.34. The number of hydrogen-bond donors (Lipinski definition) is 2. The van der Waals surface area contributed by atoms with Crippen molar-refractivity contribution in [2.24, 2.45) is 5.41 Å². The Morgan fingerprint density at radius 2 is 2.17 bits per heavy atom. The van der Waals surface area contributed by atoms with Gasteiger partial charge in [0.25, 0.3) is 0 Å². The van der Waals surface area contributed by atoms with E-state index < -0.39 is 0 Å². The van der Waals surface area contributed by atoms with E-state index in [9.17, 15) is 0 Å². The van der Waals surface area contributed by atoms with Crippen LogP contribution in [-0.2, 0) is 13.0 Å². The monoisotopic (exact) mass is 242 g/mol. The van der Waals surface area contributed by atoms with Crippen molar-refractivity contribution in [1.29, 1.82) is 0 Å². The van der Waals surface area contributed by atoms with Crippen molar-refractivity contribution in [2.45, 2.75) is 33.7 Å². The van der Waals surface area contributed by atoms with E-state index in [1.54, 1.807) is 6.33 Å². The van der Waals surface area contributed by atoms with Crippen LogP contribution in [0.25, 0.3) is 11.3 Å². The van der Waals surface area contributed by atoms with Gasteiger partial charge in [0.15, 0.2) is 0 Å². The minimum absolute atomic E-state index is 0.287. The molecule has 2 aromatic rings. The molecule has 3 rings (SSSR count). The molecule has 0 spiro atoms. The highest BCUT2D eigenvalue weighted by molar-refractivity contribution is 5.78. The molecule has 0 aliphatic carbocycles. The summed E-state index contributed by atoms with van der Waals surface area (Å²) in [5, 5.41) is 3.34. The number of aromatic nitrogens is 3. The van der Waals surface area contributed by atoms with E-state index in [1.807, 2.05) is 6.20 Å². The van der Waals surface area contributed by atoms with Crippen LogP contribution in [0.2, 0.25) is 0 Å². The molecule has 2 N–H and O–H groups in total. The Morgan fingerprint density at radius 3 is 2.94 bits per heavy atom. The van der Waals surface area contributed by atoms with Gasteiger partial charge in [-0.25, -0.2) is 9.97 Å². The molecule has 0 bridgehead atoms. The Labute approximate surface area is 107 Å². The quantitative estimate of drug-likeness (QED) is 0.808. The molecule has 0 saturated carbocycles. The maximum atomic E-state index is 4.38. The minimum Gasteiger partial charge on any atom is -0.376 e. The van der Waals surface area contributed by atoms with E-state index in [0.717, 1.165) is 24.3 Å². The number of H-pyrrole nitrogens is 1. The summed E-state index contributed by atoms with van der Waals surface area (Å²) < 4.78 is 0. The zero-order valence-electron chi connectivity index (χ0n) is 11.0. The average molecular weight is 242 g/mol. The minimum atomic E-state index is 0.287. The van der Waals surface area contributed by atoms with Gasteiger partial charge in [-0.1, -0.05) is 20.8 Å². The Morgan fingerprint density at radius 1 is 1.33 bits per heavy atom. The lowest BCUT2D eigenvalue weighted by atomic mass is 9.90. The van der Waals surface area contributed by atoms with Crippen LogP contribution in [0.1, 0.15) is 32.2 Å². The molecule has 4 nitrogen and oxygen atoms in total. The third kappa shape index (κ3) is 1.98. The zero-order valence-corrected chi connectivity index (χ0v) is 11.0. The van der Waals surface area contributed by atoms with Crippen LogP contribution in [-0.4, -0.2) is 15.0 Å². The molecular formula is C14H18N4. The molecule has 18 heavy (non-hydrogen) atoms. The zero-order chi connectivity index (χ0) is 12.8. The summed E-state index contributed by atoms with van der Waals surface area (Å²) in [5.74, 6) is 0. The predicted octanol–water partition coefficient (Wildman–Crippen LogP) is 2.99. The molecule has 0 radical (unpaired) electrons. The Kier molecular flexibility index (Phi) is 2.40. The summed E-state index contributed by atoms with van der Waals surface area (Å²) >= 11 is 0. The number of anilines is 1. The third-order valence-electron chi connectivity index (χ3n) is 3.10. The molecule has 1 aliphatic rings. The molecule has 0 unspecified atom stereocenters. The lowest BCUT2D eigenvalue weighted by Crippen LogP contribution is -2.10. The number of fused-ring (bicyclic) bond motifs is 3. The topological polar surface area (TPSA) is 53.6 Å². The van der Waals surface area contributed by atoms with E-state index in [1.165, 1.54) is 17.0 Å². The average Bonchev–Trinajstić information content (AvgIpc) is 2.69. The van der Waals surface area contributed by atoms with Gasteiger partial charge in [0.05, 0.1) is 24.1 Å². The van der Waals surface area contributed by atoms with Gasteiger partial charge in [0.2, 0.25) is 0 Å². The van der Waals surface area contributed by atoms with Gasteiger partial charge in [-0.15, -0.1) is 0 Å². The molecule has 0 saturated heterocycles. The lowest BCUT2D eigenvalue weighted by molar-refractivity contribution is 0.407. The molecular weight excluding hydrogens is 224 g/mol. The van der Waals surface area contributed by atoms with Crippen molar-refractivity contribution in [2.75, 3.05) is 5.32 Å². The van der Waals surface area contributed by atoms with Crippen LogP contribution in [0.15, 0.2) is 18.6 Å². The lowest BCUT2D eigenvalue weighted by Gasteiger charge is -2.16. The molecule has 1 aliphatic heterocycles. The molecule has 94 valence electrons. The van der Waals surface area contributed by atoms with E-state index >= 15 is 0 Å². The van der Waals surface area contributed by atoms with Crippen LogP contribution in [0.4, 0.5) is 5.69 Å². The van der Waals surface area contributed by atoms with Crippen LogP contribution in [0, 0.1) is 5.41 Å². The van der Waals surface area contributed by atoms with E-state index in [-0.39, 0.29) is 5.41 Å². The molecule has 0 atom stereocenters. The first kappa shape index (κ1) is 11.3. The van der Waals surface area contributed by atoms with Crippen molar-refractivity contribution in [3.63, 3.8) is 0 Å². The van der Waals surface area contributed by atoms with Crippen molar-refractivity contribution in [1.82, 2.24) is 15.0 Å². The summed E-state index contributed by atoms with van der Waals surface area (Å²) in [5.41, 5.74) is 6.02. The van der Waals surface area contributed by atoms with Gasteiger partial charge >= 0.3 is 0 Å². The van der Waals surface area contributed by atoms with Gasteiger partial charge in [-0.05, 0) is 17.9 Å². The number of hydrogen-bond acceptors (Lipinski definition) is 3. The van der Waals surface area contributed by atoms with Gasteiger partial charge in [0.1, 0.15) is 6.33 Å². The molecule has 3 heterocycles. The number of rotatable bonds is 1. The number of nitrogens with zero attached hydrogens (tertiary/aromatic N) is 2. The van der Waals surface area contributed by atoms with Crippen molar-refractivity contribution in [3.05, 3.63) is 30.0 Å². The molecule has 2 aromatic heterocycles. The largest absolute Gasteiger partial charge is 0.376 e. The highest BCUT2D eigenvalue weighted by Gasteiger charge is 2.21. The highest BCUT2D eigenvalue weighted by atomic mass is 15.0. The molecule has 0 fully saturated rings. The second kappa shape index (κ2) is 3.83. The van der Waals surface area contributed by atoms with Crippen molar-refractivity contribution >= 4 is 5.69 Å². The van der Waals surface area contributed by atoms with Gasteiger partial charge < -0.3 is 10.3 Å². The maximum Gasteiger partial charge on any atom is 0.116 e. The Hall–Kier alpha value is -1.84. The molecule has 0 amide bonds. The first-order chi connectivity index (χ1) is 8.53. The van der Waals surface area contributed by atoms with Crippen LogP contribution >= 0.6 is 0 Å². The SMILES string of the molecule is CC(C)(C)Cc1cc2c([nH]1)CNc1cncnc1-2. The molecule has 0 aromatic carbocycles. The normalized spacial score (nSPS) is 13.7. The van der Waals surface area contributed by atoms with Gasteiger partial charge in [-0.3, -0.25) is 0 Å². The summed E-state index contributed by atoms with van der Waals surface area (Å²) in [6.07, 6.45) is 4.48. The Balaban J connectivity index is 2.02. The second-order valence-electron chi connectivity index (χ2n) is 6.06. The van der Waals surface area contributed by atoms with Crippen LogP contribution < -0.4 is 5.32 Å². The van der Waals surface area contributed by atoms with Crippen LogP contribution in [0.3, 0.4) is 0 Å². The smallest absolute Gasteiger partial charge is 0.116 e. The fraction of sp³-hybridized carbons (Fsp3) is 0.429. The summed E-state index contributed by atoms with van der Waals surface area (Å²) in [6, 6.07) is 2.23. The van der Waals surface area contributed by atoms with Crippen molar-refractivity contribution in [3.8, 4) is 11.3 Å². The summed E-state index contributed by atoms with van der Waals surface area (Å²) in [6.45, 7) is 7.57. The number of nitrogens with one attached hydrogen (secondary N) is 2. The standard InChI is InChI=1S/C14H18N4/c1-14(2,3)5-9-4-10-11(18-9)7-16-12-6-15-8-17-13(10)12/h4,6,8,16,18H,5,7H2,1-3H3. The van der Waals surface area contributed by atoms with Gasteiger partial charge in [0, 0.05) is 17.0 Å². The summed E-state index contributed by atoms with van der Waals surface area (Å²) in [4.78, 5) is 11.9. The first-order valence-corrected chi connectivity index (χ1v) is 6.28. The Bertz CT molecular complexity index is 578. The van der Waals surface area contributed by atoms with Crippen molar-refractivity contribution < 1.29 is 0 Å². The second-order valence-corrected chi connectivity index (χ2v) is 6.06. The summed E-state index contributed by atoms with van der Waals surface area (Å²) in [7, 11) is 0. The molecule has 4 heteroatoms. The van der Waals surface area contributed by atoms with E-state index in [2.05, 4.69) is 47.1 Å². The maximum absolute atomic E-state index is 4.38. The van der Waals surface area contributed by atoms with Gasteiger partial charge in [-0.2, -0.15) is 0 Å². The fourth-order valence-electron chi connectivity index (χ4n) is 2.43. The third-order valence-corrected chi connectivity index (χ3v) is 3.10. The number of aromatic amines is 1. The first-order valence-electron chi connectivity index (χ1n) is 6.28.